The lowest BCUT2D eigenvalue weighted by Crippen LogP contribution is -2.28. The van der Waals surface area contributed by atoms with Gasteiger partial charge in [0.15, 0.2) is 0 Å². The highest BCUT2D eigenvalue weighted by atomic mass is 35.5. The van der Waals surface area contributed by atoms with Crippen LogP contribution in [0.2, 0.25) is 5.02 Å². The maximum Gasteiger partial charge on any atom is 0.0803 e. The fourth-order valence-electron chi connectivity index (χ4n) is 1.84. The summed E-state index contributed by atoms with van der Waals surface area (Å²) in [5, 5.41) is 4.01. The molecule has 1 aliphatic rings. The maximum atomic E-state index is 5.87. The Morgan fingerprint density at radius 2 is 2.36 bits per heavy atom. The molecule has 14 heavy (non-hydrogen) atoms. The molecule has 3 nitrogen and oxygen atoms in total. The Morgan fingerprint density at radius 1 is 1.50 bits per heavy atom. The molecule has 1 aromatic heterocycles. The minimum atomic E-state index is 0.306. The topological polar surface area (TPSA) is 50.9 Å². The van der Waals surface area contributed by atoms with Gasteiger partial charge in [0.2, 0.25) is 0 Å². The number of nitrogen functional groups attached to an aromatic ring is 1. The molecule has 0 spiro atoms. The molecular formula is C10H14ClN3. The number of hydrogen-bond donors (Lipinski definition) is 2. The zero-order valence-corrected chi connectivity index (χ0v) is 8.72. The zero-order chi connectivity index (χ0) is 9.97. The van der Waals surface area contributed by atoms with E-state index in [0.717, 1.165) is 18.7 Å². The number of aromatic nitrogens is 1. The van der Waals surface area contributed by atoms with E-state index in [1.165, 1.54) is 12.8 Å². The van der Waals surface area contributed by atoms with Crippen LogP contribution in [0, 0.1) is 0 Å². The van der Waals surface area contributed by atoms with E-state index in [0.29, 0.717) is 16.8 Å². The van der Waals surface area contributed by atoms with Crippen molar-refractivity contribution >= 4 is 17.3 Å². The number of nitrogens with one attached hydrogen (secondary N) is 1. The minimum Gasteiger partial charge on any atom is -0.397 e. The normalized spacial score (nSPS) is 22.2. The van der Waals surface area contributed by atoms with Gasteiger partial charge in [-0.3, -0.25) is 4.98 Å². The van der Waals surface area contributed by atoms with Gasteiger partial charge in [-0.1, -0.05) is 18.0 Å². The predicted octanol–water partition coefficient (Wildman–Crippen LogP) is 2.13. The first kappa shape index (κ1) is 9.74. The fraction of sp³-hybridized carbons (Fsp3) is 0.500. The van der Waals surface area contributed by atoms with E-state index in [9.17, 15) is 0 Å². The van der Waals surface area contributed by atoms with Crippen LogP contribution in [0.4, 0.5) is 5.69 Å². The SMILES string of the molecule is Nc1cc(Cl)cnc1C1CCCCN1. The van der Waals surface area contributed by atoms with Crippen LogP contribution in [0.25, 0.3) is 0 Å². The molecule has 2 heterocycles. The summed E-state index contributed by atoms with van der Waals surface area (Å²) < 4.78 is 0. The number of rotatable bonds is 1. The van der Waals surface area contributed by atoms with E-state index in [1.54, 1.807) is 12.3 Å². The van der Waals surface area contributed by atoms with E-state index < -0.39 is 0 Å². The van der Waals surface area contributed by atoms with Crippen LogP contribution in [0.15, 0.2) is 12.3 Å². The van der Waals surface area contributed by atoms with Crippen LogP contribution in [-0.2, 0) is 0 Å². The molecule has 3 N–H and O–H groups in total. The largest absolute Gasteiger partial charge is 0.397 e. The molecule has 2 rings (SSSR count). The molecule has 0 saturated carbocycles. The average molecular weight is 212 g/mol. The lowest BCUT2D eigenvalue weighted by atomic mass is 10.0. The molecule has 1 saturated heterocycles. The molecule has 1 fully saturated rings. The Hall–Kier alpha value is -0.800. The molecule has 76 valence electrons. The Bertz CT molecular complexity index is 321. The molecule has 0 aromatic carbocycles. The number of piperidine rings is 1. The van der Waals surface area contributed by atoms with Gasteiger partial charge in [-0.2, -0.15) is 0 Å². The van der Waals surface area contributed by atoms with Gasteiger partial charge in [0, 0.05) is 6.20 Å². The van der Waals surface area contributed by atoms with Crippen molar-refractivity contribution < 1.29 is 0 Å². The highest BCUT2D eigenvalue weighted by Crippen LogP contribution is 2.26. The molecule has 1 unspecified atom stereocenters. The van der Waals surface area contributed by atoms with E-state index in [2.05, 4.69) is 10.3 Å². The van der Waals surface area contributed by atoms with Gasteiger partial charge in [-0.25, -0.2) is 0 Å². The standard InChI is InChI=1S/C10H14ClN3/c11-7-5-8(12)10(14-6-7)9-3-1-2-4-13-9/h5-6,9,13H,1-4,12H2. The molecule has 0 aliphatic carbocycles. The van der Waals surface area contributed by atoms with Gasteiger partial charge < -0.3 is 11.1 Å². The first-order valence-electron chi connectivity index (χ1n) is 4.91. The van der Waals surface area contributed by atoms with Crippen molar-refractivity contribution in [2.75, 3.05) is 12.3 Å². The molecule has 1 aliphatic heterocycles. The Morgan fingerprint density at radius 3 is 3.00 bits per heavy atom. The minimum absolute atomic E-state index is 0.306. The Kier molecular flexibility index (Phi) is 2.89. The van der Waals surface area contributed by atoms with Crippen molar-refractivity contribution in [3.8, 4) is 0 Å². The number of pyridine rings is 1. The lowest BCUT2D eigenvalue weighted by molar-refractivity contribution is 0.406. The summed E-state index contributed by atoms with van der Waals surface area (Å²) >= 11 is 5.79. The summed E-state index contributed by atoms with van der Waals surface area (Å²) in [5.41, 5.74) is 7.50. The average Bonchev–Trinajstić information content (AvgIpc) is 2.19. The summed E-state index contributed by atoms with van der Waals surface area (Å²) in [6, 6.07) is 2.07. The molecular weight excluding hydrogens is 198 g/mol. The van der Waals surface area contributed by atoms with Gasteiger partial charge in [0.1, 0.15) is 0 Å². The van der Waals surface area contributed by atoms with Crippen LogP contribution in [0.1, 0.15) is 31.0 Å². The van der Waals surface area contributed by atoms with E-state index in [4.69, 9.17) is 17.3 Å². The number of halogens is 1. The van der Waals surface area contributed by atoms with Crippen molar-refractivity contribution in [1.29, 1.82) is 0 Å². The number of nitrogens with zero attached hydrogens (tertiary/aromatic N) is 1. The smallest absolute Gasteiger partial charge is 0.0803 e. The zero-order valence-electron chi connectivity index (χ0n) is 7.96. The van der Waals surface area contributed by atoms with Gasteiger partial charge >= 0.3 is 0 Å². The summed E-state index contributed by atoms with van der Waals surface area (Å²) in [7, 11) is 0. The van der Waals surface area contributed by atoms with Crippen molar-refractivity contribution in [2.24, 2.45) is 0 Å². The van der Waals surface area contributed by atoms with Crippen LogP contribution < -0.4 is 11.1 Å². The summed E-state index contributed by atoms with van der Waals surface area (Å²) in [6.07, 6.45) is 5.24. The van der Waals surface area contributed by atoms with Crippen molar-refractivity contribution in [3.63, 3.8) is 0 Å². The molecule has 0 radical (unpaired) electrons. The molecule has 1 atom stereocenters. The second kappa shape index (κ2) is 4.15. The Labute approximate surface area is 88.7 Å². The maximum absolute atomic E-state index is 5.87. The van der Waals surface area contributed by atoms with E-state index >= 15 is 0 Å². The summed E-state index contributed by atoms with van der Waals surface area (Å²) in [5.74, 6) is 0. The van der Waals surface area contributed by atoms with Crippen LogP contribution in [-0.4, -0.2) is 11.5 Å². The van der Waals surface area contributed by atoms with E-state index in [1.807, 2.05) is 0 Å². The van der Waals surface area contributed by atoms with Gasteiger partial charge in [-0.15, -0.1) is 0 Å². The second-order valence-corrected chi connectivity index (χ2v) is 4.07. The van der Waals surface area contributed by atoms with Crippen molar-refractivity contribution in [1.82, 2.24) is 10.3 Å². The summed E-state index contributed by atoms with van der Waals surface area (Å²) in [6.45, 7) is 1.05. The van der Waals surface area contributed by atoms with Crippen LogP contribution in [0.3, 0.4) is 0 Å². The number of anilines is 1. The third-order valence-corrected chi connectivity index (χ3v) is 2.76. The molecule has 1 aromatic rings. The first-order chi connectivity index (χ1) is 6.77. The van der Waals surface area contributed by atoms with E-state index in [-0.39, 0.29) is 0 Å². The van der Waals surface area contributed by atoms with Crippen LogP contribution >= 0.6 is 11.6 Å². The highest BCUT2D eigenvalue weighted by Gasteiger charge is 2.18. The second-order valence-electron chi connectivity index (χ2n) is 3.63. The molecule has 0 bridgehead atoms. The third-order valence-electron chi connectivity index (χ3n) is 2.56. The Balaban J connectivity index is 2.22. The van der Waals surface area contributed by atoms with Gasteiger partial charge in [0.05, 0.1) is 22.4 Å². The first-order valence-corrected chi connectivity index (χ1v) is 5.29. The highest BCUT2D eigenvalue weighted by molar-refractivity contribution is 6.30. The third kappa shape index (κ3) is 1.99. The quantitative estimate of drug-likeness (QED) is 0.749. The van der Waals surface area contributed by atoms with Gasteiger partial charge in [0.25, 0.3) is 0 Å². The van der Waals surface area contributed by atoms with Gasteiger partial charge in [-0.05, 0) is 25.5 Å². The summed E-state index contributed by atoms with van der Waals surface area (Å²) in [4.78, 5) is 4.28. The fourth-order valence-corrected chi connectivity index (χ4v) is 2.01. The van der Waals surface area contributed by atoms with Crippen LogP contribution in [0.5, 0.6) is 0 Å². The predicted molar refractivity (Wildman–Crippen MR) is 58.3 cm³/mol. The van der Waals surface area contributed by atoms with Crippen molar-refractivity contribution in [2.45, 2.75) is 25.3 Å². The number of nitrogens with two attached hydrogens (primary N) is 1. The molecule has 0 amide bonds. The van der Waals surface area contributed by atoms with Crippen molar-refractivity contribution in [3.05, 3.63) is 23.0 Å². The monoisotopic (exact) mass is 211 g/mol. The molecule has 4 heteroatoms. The number of hydrogen-bond acceptors (Lipinski definition) is 3. The lowest BCUT2D eigenvalue weighted by Gasteiger charge is -2.23.